The first kappa shape index (κ1) is 4.99. The third-order valence-electron chi connectivity index (χ3n) is 1.57. The first-order chi connectivity index (χ1) is 4.47. The maximum absolute atomic E-state index is 5.20. The fourth-order valence-electron chi connectivity index (χ4n) is 0.927. The van der Waals surface area contributed by atoms with E-state index in [1.807, 2.05) is 6.07 Å². The minimum Gasteiger partial charge on any atom is -0.372 e. The van der Waals surface area contributed by atoms with E-state index in [0.29, 0.717) is 6.10 Å². The molecule has 0 spiro atoms. The lowest BCUT2D eigenvalue weighted by Crippen LogP contribution is -2.18. The first-order valence-electron chi connectivity index (χ1n) is 3.08. The van der Waals surface area contributed by atoms with Gasteiger partial charge < -0.3 is 4.74 Å². The molecule has 0 aliphatic carbocycles. The molecule has 0 aromatic carbocycles. The summed E-state index contributed by atoms with van der Waals surface area (Å²) < 4.78 is 5.20. The summed E-state index contributed by atoms with van der Waals surface area (Å²) in [6, 6.07) is 1.95. The van der Waals surface area contributed by atoms with Gasteiger partial charge in [0.15, 0.2) is 0 Å². The van der Waals surface area contributed by atoms with Gasteiger partial charge in [0.25, 0.3) is 0 Å². The summed E-state index contributed by atoms with van der Waals surface area (Å²) >= 11 is 0. The van der Waals surface area contributed by atoms with Crippen LogP contribution in [0.15, 0.2) is 12.3 Å². The molecular formula is C6H8N2O. The third-order valence-corrected chi connectivity index (χ3v) is 1.57. The zero-order valence-electron chi connectivity index (χ0n) is 5.00. The molecular weight excluding hydrogens is 116 g/mol. The Hall–Kier alpha value is -0.830. The van der Waals surface area contributed by atoms with E-state index in [1.165, 1.54) is 0 Å². The molecule has 0 radical (unpaired) electrons. The predicted octanol–water partition coefficient (Wildman–Crippen LogP) is 0.871. The van der Waals surface area contributed by atoms with Crippen molar-refractivity contribution in [2.24, 2.45) is 0 Å². The molecule has 1 aliphatic rings. The highest BCUT2D eigenvalue weighted by atomic mass is 16.5. The molecule has 9 heavy (non-hydrogen) atoms. The maximum Gasteiger partial charge on any atom is 0.101 e. The largest absolute Gasteiger partial charge is 0.372 e. The van der Waals surface area contributed by atoms with Crippen molar-refractivity contribution in [1.82, 2.24) is 10.2 Å². The molecule has 48 valence electrons. The first-order valence-corrected chi connectivity index (χ1v) is 3.08. The van der Waals surface area contributed by atoms with Crippen LogP contribution in [-0.4, -0.2) is 16.8 Å². The summed E-state index contributed by atoms with van der Waals surface area (Å²) in [5.41, 5.74) is 1.10. The van der Waals surface area contributed by atoms with Crippen molar-refractivity contribution in [3.63, 3.8) is 0 Å². The van der Waals surface area contributed by atoms with Crippen molar-refractivity contribution in [3.05, 3.63) is 18.0 Å². The normalized spacial score (nSPS) is 25.6. The van der Waals surface area contributed by atoms with Crippen molar-refractivity contribution in [2.45, 2.75) is 12.5 Å². The van der Waals surface area contributed by atoms with E-state index in [9.17, 15) is 0 Å². The van der Waals surface area contributed by atoms with E-state index in [-0.39, 0.29) is 0 Å². The van der Waals surface area contributed by atoms with Crippen LogP contribution in [0.3, 0.4) is 0 Å². The highest BCUT2D eigenvalue weighted by molar-refractivity contribution is 5.03. The number of hydrogen-bond acceptors (Lipinski definition) is 2. The molecule has 1 atom stereocenters. The van der Waals surface area contributed by atoms with Crippen LogP contribution in [0.25, 0.3) is 0 Å². The van der Waals surface area contributed by atoms with Gasteiger partial charge in [-0.3, -0.25) is 5.10 Å². The monoisotopic (exact) mass is 124 g/mol. The van der Waals surface area contributed by atoms with Crippen LogP contribution < -0.4 is 0 Å². The lowest BCUT2D eigenvalue weighted by atomic mass is 10.1. The second-order valence-corrected chi connectivity index (χ2v) is 2.16. The Balaban J connectivity index is 2.14. The van der Waals surface area contributed by atoms with Crippen molar-refractivity contribution >= 4 is 0 Å². The molecule has 0 saturated carbocycles. The van der Waals surface area contributed by atoms with Gasteiger partial charge in [-0.25, -0.2) is 0 Å². The Morgan fingerprint density at radius 3 is 3.11 bits per heavy atom. The van der Waals surface area contributed by atoms with E-state index in [4.69, 9.17) is 4.74 Å². The number of aromatic amines is 1. The average Bonchev–Trinajstić information content (AvgIpc) is 2.11. The quantitative estimate of drug-likeness (QED) is 0.603. The second kappa shape index (κ2) is 1.84. The van der Waals surface area contributed by atoms with Gasteiger partial charge >= 0.3 is 0 Å². The van der Waals surface area contributed by atoms with E-state index >= 15 is 0 Å². The molecule has 1 aromatic rings. The Morgan fingerprint density at radius 2 is 2.67 bits per heavy atom. The smallest absolute Gasteiger partial charge is 0.101 e. The number of ether oxygens (including phenoxy) is 1. The summed E-state index contributed by atoms with van der Waals surface area (Å²) in [5.74, 6) is 0. The SMILES string of the molecule is c1cc(C2CCO2)[nH]n1. The highest BCUT2D eigenvalue weighted by Crippen LogP contribution is 2.26. The van der Waals surface area contributed by atoms with Gasteiger partial charge in [-0.2, -0.15) is 5.10 Å². The molecule has 2 heterocycles. The number of nitrogens with zero attached hydrogens (tertiary/aromatic N) is 1. The summed E-state index contributed by atoms with van der Waals surface area (Å²) in [7, 11) is 0. The maximum atomic E-state index is 5.20. The lowest BCUT2D eigenvalue weighted by molar-refractivity contribution is -0.0552. The van der Waals surface area contributed by atoms with Gasteiger partial charge in [0.1, 0.15) is 6.10 Å². The minimum atomic E-state index is 0.299. The molecule has 1 saturated heterocycles. The van der Waals surface area contributed by atoms with Crippen LogP contribution in [0, 0.1) is 0 Å². The van der Waals surface area contributed by atoms with Gasteiger partial charge in [-0.1, -0.05) is 0 Å². The Kier molecular flexibility index (Phi) is 1.02. The zero-order valence-corrected chi connectivity index (χ0v) is 5.00. The standard InChI is InChI=1S/C6H8N2O/c1-3-7-8-5(1)6-2-4-9-6/h1,3,6H,2,4H2,(H,7,8). The molecule has 1 fully saturated rings. The molecule has 1 N–H and O–H groups in total. The molecule has 1 unspecified atom stereocenters. The fraction of sp³-hybridized carbons (Fsp3) is 0.500. The molecule has 2 rings (SSSR count). The van der Waals surface area contributed by atoms with Crippen molar-refractivity contribution < 1.29 is 4.74 Å². The van der Waals surface area contributed by atoms with E-state index in [0.717, 1.165) is 18.7 Å². The topological polar surface area (TPSA) is 37.9 Å². The second-order valence-electron chi connectivity index (χ2n) is 2.16. The van der Waals surface area contributed by atoms with Crippen LogP contribution in [0.5, 0.6) is 0 Å². The predicted molar refractivity (Wildman–Crippen MR) is 31.9 cm³/mol. The van der Waals surface area contributed by atoms with Gasteiger partial charge in [-0.05, 0) is 6.07 Å². The van der Waals surface area contributed by atoms with Crippen LogP contribution in [0.4, 0.5) is 0 Å². The van der Waals surface area contributed by atoms with Gasteiger partial charge in [0, 0.05) is 12.6 Å². The van der Waals surface area contributed by atoms with E-state index < -0.39 is 0 Å². The van der Waals surface area contributed by atoms with E-state index in [1.54, 1.807) is 6.20 Å². The Labute approximate surface area is 53.0 Å². The van der Waals surface area contributed by atoms with E-state index in [2.05, 4.69) is 10.2 Å². The number of nitrogens with one attached hydrogen (secondary N) is 1. The van der Waals surface area contributed by atoms with Crippen LogP contribution in [-0.2, 0) is 4.74 Å². The van der Waals surface area contributed by atoms with Crippen molar-refractivity contribution in [1.29, 1.82) is 0 Å². The molecule has 0 amide bonds. The van der Waals surface area contributed by atoms with Gasteiger partial charge in [-0.15, -0.1) is 0 Å². The van der Waals surface area contributed by atoms with Gasteiger partial charge in [0.05, 0.1) is 12.3 Å². The van der Waals surface area contributed by atoms with Crippen LogP contribution in [0.2, 0.25) is 0 Å². The average molecular weight is 124 g/mol. The summed E-state index contributed by atoms with van der Waals surface area (Å²) in [4.78, 5) is 0. The van der Waals surface area contributed by atoms with Crippen LogP contribution in [0.1, 0.15) is 18.2 Å². The third kappa shape index (κ3) is 0.733. The highest BCUT2D eigenvalue weighted by Gasteiger charge is 2.20. The molecule has 0 bridgehead atoms. The molecule has 3 heteroatoms. The number of aromatic nitrogens is 2. The number of hydrogen-bond donors (Lipinski definition) is 1. The van der Waals surface area contributed by atoms with Crippen LogP contribution >= 0.6 is 0 Å². The molecule has 3 nitrogen and oxygen atoms in total. The Morgan fingerprint density at radius 1 is 1.78 bits per heavy atom. The summed E-state index contributed by atoms with van der Waals surface area (Å²) in [5, 5.41) is 6.68. The summed E-state index contributed by atoms with van der Waals surface area (Å²) in [6.45, 7) is 0.893. The van der Waals surface area contributed by atoms with Crippen molar-refractivity contribution in [3.8, 4) is 0 Å². The zero-order chi connectivity index (χ0) is 6.10. The number of H-pyrrole nitrogens is 1. The molecule has 1 aromatic heterocycles. The Bertz CT molecular complexity index is 179. The minimum absolute atomic E-state index is 0.299. The van der Waals surface area contributed by atoms with Crippen molar-refractivity contribution in [2.75, 3.05) is 6.61 Å². The van der Waals surface area contributed by atoms with Gasteiger partial charge in [0.2, 0.25) is 0 Å². The number of rotatable bonds is 1. The lowest BCUT2D eigenvalue weighted by Gasteiger charge is -2.24. The summed E-state index contributed by atoms with van der Waals surface area (Å²) in [6.07, 6.45) is 3.17. The molecule has 1 aliphatic heterocycles. The fourth-order valence-corrected chi connectivity index (χ4v) is 0.927.